The van der Waals surface area contributed by atoms with Crippen molar-refractivity contribution >= 4 is 23.3 Å². The summed E-state index contributed by atoms with van der Waals surface area (Å²) in [5.41, 5.74) is 1.26. The molecule has 136 valence electrons. The summed E-state index contributed by atoms with van der Waals surface area (Å²) in [6.07, 6.45) is -0.374. The predicted molar refractivity (Wildman–Crippen MR) is 89.5 cm³/mol. The van der Waals surface area contributed by atoms with E-state index >= 15 is 0 Å². The van der Waals surface area contributed by atoms with Crippen LogP contribution in [0.15, 0.2) is 18.2 Å². The Labute approximate surface area is 144 Å². The number of hydrogen-bond donors (Lipinski definition) is 3. The SMILES string of the molecule is Cc1ccc(NCCCNC(=O)[C@@H]2CC[C@H](C(=O)O)O2)c([N+](=O)[O-])c1. The third kappa shape index (κ3) is 5.15. The van der Waals surface area contributed by atoms with Gasteiger partial charge in [0.15, 0.2) is 6.10 Å². The van der Waals surface area contributed by atoms with Crippen molar-refractivity contribution in [2.24, 2.45) is 0 Å². The quantitative estimate of drug-likeness (QED) is 0.367. The molecule has 0 aliphatic carbocycles. The van der Waals surface area contributed by atoms with E-state index in [0.29, 0.717) is 38.0 Å². The van der Waals surface area contributed by atoms with Gasteiger partial charge < -0.3 is 20.5 Å². The highest BCUT2D eigenvalue weighted by molar-refractivity contribution is 5.82. The number of benzene rings is 1. The Hall–Kier alpha value is -2.68. The third-order valence-corrected chi connectivity index (χ3v) is 3.91. The number of ether oxygens (including phenoxy) is 1. The molecule has 25 heavy (non-hydrogen) atoms. The van der Waals surface area contributed by atoms with Crippen molar-refractivity contribution in [1.29, 1.82) is 0 Å². The number of hydrogen-bond acceptors (Lipinski definition) is 6. The largest absolute Gasteiger partial charge is 0.479 e. The molecule has 1 aromatic rings. The minimum absolute atomic E-state index is 0.0168. The first-order chi connectivity index (χ1) is 11.9. The van der Waals surface area contributed by atoms with Gasteiger partial charge in [0.05, 0.1) is 4.92 Å². The number of nitrogens with one attached hydrogen (secondary N) is 2. The summed E-state index contributed by atoms with van der Waals surface area (Å²) in [5, 5.41) is 25.5. The zero-order valence-electron chi connectivity index (χ0n) is 13.9. The number of rotatable bonds is 8. The van der Waals surface area contributed by atoms with Crippen LogP contribution < -0.4 is 10.6 Å². The number of nitrogens with zero attached hydrogens (tertiary/aromatic N) is 1. The van der Waals surface area contributed by atoms with E-state index in [-0.39, 0.29) is 11.6 Å². The zero-order chi connectivity index (χ0) is 18.4. The highest BCUT2D eigenvalue weighted by atomic mass is 16.6. The Morgan fingerprint density at radius 1 is 1.32 bits per heavy atom. The lowest BCUT2D eigenvalue weighted by molar-refractivity contribution is -0.384. The van der Waals surface area contributed by atoms with Crippen molar-refractivity contribution < 1.29 is 24.4 Å². The standard InChI is InChI=1S/C16H21N3O6/c1-10-3-4-11(12(9-10)19(23)24)17-7-2-8-18-15(20)13-5-6-14(25-13)16(21)22/h3-4,9,13-14,17H,2,5-8H2,1H3,(H,18,20)(H,21,22)/t13-,14+/m0/s1. The maximum Gasteiger partial charge on any atom is 0.332 e. The molecule has 1 aliphatic rings. The number of nitro groups is 1. The maximum atomic E-state index is 11.9. The van der Waals surface area contributed by atoms with Gasteiger partial charge in [-0.15, -0.1) is 0 Å². The van der Waals surface area contributed by atoms with Crippen molar-refractivity contribution in [3.05, 3.63) is 33.9 Å². The van der Waals surface area contributed by atoms with Crippen molar-refractivity contribution in [1.82, 2.24) is 5.32 Å². The van der Waals surface area contributed by atoms with Crippen LogP contribution in [-0.4, -0.2) is 47.2 Å². The average molecular weight is 351 g/mol. The molecule has 1 amide bonds. The van der Waals surface area contributed by atoms with Crippen LogP contribution in [0, 0.1) is 17.0 Å². The first-order valence-corrected chi connectivity index (χ1v) is 8.03. The van der Waals surface area contributed by atoms with Crippen molar-refractivity contribution in [2.75, 3.05) is 18.4 Å². The number of carboxylic acid groups (broad SMARTS) is 1. The van der Waals surface area contributed by atoms with Gasteiger partial charge in [-0.1, -0.05) is 6.07 Å². The molecule has 1 heterocycles. The number of carboxylic acids is 1. The summed E-state index contributed by atoms with van der Waals surface area (Å²) >= 11 is 0. The Morgan fingerprint density at radius 3 is 2.68 bits per heavy atom. The van der Waals surface area contributed by atoms with Gasteiger partial charge >= 0.3 is 5.97 Å². The van der Waals surface area contributed by atoms with E-state index in [1.165, 1.54) is 6.07 Å². The molecule has 0 bridgehead atoms. The Kier molecular flexibility index (Phi) is 6.29. The van der Waals surface area contributed by atoms with E-state index in [1.807, 2.05) is 0 Å². The monoisotopic (exact) mass is 351 g/mol. The smallest absolute Gasteiger partial charge is 0.332 e. The third-order valence-electron chi connectivity index (χ3n) is 3.91. The van der Waals surface area contributed by atoms with Gasteiger partial charge in [0.2, 0.25) is 5.91 Å². The van der Waals surface area contributed by atoms with Crippen LogP contribution in [0.5, 0.6) is 0 Å². The second-order valence-electron chi connectivity index (χ2n) is 5.88. The van der Waals surface area contributed by atoms with Crippen LogP contribution in [0.3, 0.4) is 0 Å². The van der Waals surface area contributed by atoms with Crippen molar-refractivity contribution in [3.8, 4) is 0 Å². The number of anilines is 1. The fraction of sp³-hybridized carbons (Fsp3) is 0.500. The topological polar surface area (TPSA) is 131 Å². The average Bonchev–Trinajstić information content (AvgIpc) is 3.05. The molecule has 9 heteroatoms. The van der Waals surface area contributed by atoms with Gasteiger partial charge in [0.25, 0.3) is 5.69 Å². The van der Waals surface area contributed by atoms with E-state index in [1.54, 1.807) is 19.1 Å². The highest BCUT2D eigenvalue weighted by Crippen LogP contribution is 2.25. The molecule has 1 fully saturated rings. The maximum absolute atomic E-state index is 11.9. The highest BCUT2D eigenvalue weighted by Gasteiger charge is 2.34. The minimum atomic E-state index is -1.06. The molecule has 0 spiro atoms. The van der Waals surface area contributed by atoms with Gasteiger partial charge in [-0.3, -0.25) is 14.9 Å². The lowest BCUT2D eigenvalue weighted by Gasteiger charge is -2.12. The minimum Gasteiger partial charge on any atom is -0.479 e. The van der Waals surface area contributed by atoms with Crippen LogP contribution >= 0.6 is 0 Å². The van der Waals surface area contributed by atoms with Crippen LogP contribution in [0.4, 0.5) is 11.4 Å². The molecular formula is C16H21N3O6. The number of aliphatic carboxylic acids is 1. The lowest BCUT2D eigenvalue weighted by Crippen LogP contribution is -2.36. The summed E-state index contributed by atoms with van der Waals surface area (Å²) in [6, 6.07) is 4.94. The van der Waals surface area contributed by atoms with Crippen LogP contribution in [0.2, 0.25) is 0 Å². The zero-order valence-corrected chi connectivity index (χ0v) is 13.9. The van der Waals surface area contributed by atoms with Crippen molar-refractivity contribution in [2.45, 2.75) is 38.4 Å². The number of nitro benzene ring substituents is 1. The Bertz CT molecular complexity index is 663. The molecule has 1 aromatic carbocycles. The second-order valence-corrected chi connectivity index (χ2v) is 5.88. The molecule has 0 unspecified atom stereocenters. The molecule has 1 saturated heterocycles. The summed E-state index contributed by atoms with van der Waals surface area (Å²) < 4.78 is 5.16. The van der Waals surface area contributed by atoms with Gasteiger partial charge in [-0.2, -0.15) is 0 Å². The summed E-state index contributed by atoms with van der Waals surface area (Å²) in [5.74, 6) is -1.38. The predicted octanol–water partition coefficient (Wildman–Crippen LogP) is 1.45. The molecule has 3 N–H and O–H groups in total. The molecular weight excluding hydrogens is 330 g/mol. The lowest BCUT2D eigenvalue weighted by atomic mass is 10.2. The number of amides is 1. The van der Waals surface area contributed by atoms with E-state index in [9.17, 15) is 19.7 Å². The first-order valence-electron chi connectivity index (χ1n) is 8.03. The molecule has 2 rings (SSSR count). The molecule has 2 atom stereocenters. The summed E-state index contributed by atoms with van der Waals surface area (Å²) in [7, 11) is 0. The molecule has 0 saturated carbocycles. The van der Waals surface area contributed by atoms with Crippen LogP contribution in [-0.2, 0) is 14.3 Å². The fourth-order valence-corrected chi connectivity index (χ4v) is 2.59. The first kappa shape index (κ1) is 18.7. The number of carbonyl (C=O) groups is 2. The van der Waals surface area contributed by atoms with E-state index in [4.69, 9.17) is 9.84 Å². The number of aryl methyl sites for hydroxylation is 1. The molecule has 1 aliphatic heterocycles. The normalized spacial score (nSPS) is 19.4. The van der Waals surface area contributed by atoms with Gasteiger partial charge in [0.1, 0.15) is 11.8 Å². The van der Waals surface area contributed by atoms with Crippen LogP contribution in [0.25, 0.3) is 0 Å². The second kappa shape index (κ2) is 8.43. The molecule has 0 aromatic heterocycles. The molecule has 9 nitrogen and oxygen atoms in total. The number of carbonyl (C=O) groups excluding carboxylic acids is 1. The summed E-state index contributed by atoms with van der Waals surface area (Å²) in [6.45, 7) is 2.60. The fourth-order valence-electron chi connectivity index (χ4n) is 2.59. The van der Waals surface area contributed by atoms with E-state index in [2.05, 4.69) is 10.6 Å². The summed E-state index contributed by atoms with van der Waals surface area (Å²) in [4.78, 5) is 33.3. The van der Waals surface area contributed by atoms with E-state index in [0.717, 1.165) is 5.56 Å². The van der Waals surface area contributed by atoms with Gasteiger partial charge in [-0.25, -0.2) is 4.79 Å². The van der Waals surface area contributed by atoms with Gasteiger partial charge in [-0.05, 0) is 37.8 Å². The Balaban J connectivity index is 1.71. The van der Waals surface area contributed by atoms with E-state index < -0.39 is 23.1 Å². The van der Waals surface area contributed by atoms with Crippen molar-refractivity contribution in [3.63, 3.8) is 0 Å². The van der Waals surface area contributed by atoms with Gasteiger partial charge in [0, 0.05) is 19.2 Å². The van der Waals surface area contributed by atoms with Crippen LogP contribution in [0.1, 0.15) is 24.8 Å². The molecule has 0 radical (unpaired) electrons. The Morgan fingerprint density at radius 2 is 2.04 bits per heavy atom.